The fraction of sp³-hybridized carbons (Fsp3) is 0.333. The first kappa shape index (κ1) is 15.4. The minimum atomic E-state index is -1.13. The lowest BCUT2D eigenvalue weighted by Crippen LogP contribution is -2.38. The number of nitrogens with two attached hydrogens (primary N) is 1. The number of rotatable bonds is 5. The highest BCUT2D eigenvalue weighted by Gasteiger charge is 2.28. The third kappa shape index (κ3) is 3.44. The van der Waals surface area contributed by atoms with E-state index in [9.17, 15) is 19.7 Å². The number of carboxylic acids is 1. The number of hydrogen-bond donors (Lipinski definition) is 3. The van der Waals surface area contributed by atoms with Gasteiger partial charge in [-0.05, 0) is 26.0 Å². The molecule has 1 aromatic carbocycles. The molecule has 0 atom stereocenters. The standard InChI is InChI=1S/C12H15N3O5/c1-12(2,11(17)18)6-14-10(16)7-3-4-8(13)9(5-7)15(19)20/h3-5H,6,13H2,1-2H3,(H,14,16)(H,17,18). The molecular formula is C12H15N3O5. The van der Waals surface area contributed by atoms with E-state index >= 15 is 0 Å². The summed E-state index contributed by atoms with van der Waals surface area (Å²) in [5, 5.41) is 22.1. The van der Waals surface area contributed by atoms with E-state index in [-0.39, 0.29) is 23.5 Å². The van der Waals surface area contributed by atoms with E-state index in [1.807, 2.05) is 0 Å². The van der Waals surface area contributed by atoms with Crippen LogP contribution in [0.1, 0.15) is 24.2 Å². The molecule has 0 unspecified atom stereocenters. The second kappa shape index (κ2) is 5.55. The van der Waals surface area contributed by atoms with E-state index in [0.29, 0.717) is 0 Å². The molecule has 8 nitrogen and oxygen atoms in total. The van der Waals surface area contributed by atoms with Gasteiger partial charge in [-0.15, -0.1) is 0 Å². The van der Waals surface area contributed by atoms with E-state index in [4.69, 9.17) is 10.8 Å². The Bertz CT molecular complexity index is 568. The third-order valence-corrected chi connectivity index (χ3v) is 2.76. The zero-order chi connectivity index (χ0) is 15.5. The normalized spacial score (nSPS) is 10.9. The smallest absolute Gasteiger partial charge is 0.310 e. The molecule has 0 heterocycles. The number of nitrogens with one attached hydrogen (secondary N) is 1. The third-order valence-electron chi connectivity index (χ3n) is 2.76. The second-order valence-electron chi connectivity index (χ2n) is 4.90. The van der Waals surface area contributed by atoms with Gasteiger partial charge in [0.1, 0.15) is 5.69 Å². The SMILES string of the molecule is CC(C)(CNC(=O)c1ccc(N)c([N+](=O)[O-])c1)C(=O)O. The van der Waals surface area contributed by atoms with Crippen molar-refractivity contribution in [2.45, 2.75) is 13.8 Å². The summed E-state index contributed by atoms with van der Waals surface area (Å²) in [6.07, 6.45) is 0. The summed E-state index contributed by atoms with van der Waals surface area (Å²) in [7, 11) is 0. The van der Waals surface area contributed by atoms with Crippen molar-refractivity contribution in [2.24, 2.45) is 5.41 Å². The van der Waals surface area contributed by atoms with E-state index in [2.05, 4.69) is 5.32 Å². The van der Waals surface area contributed by atoms with Crippen LogP contribution in [0.4, 0.5) is 11.4 Å². The number of nitrogen functional groups attached to an aromatic ring is 1. The summed E-state index contributed by atoms with van der Waals surface area (Å²) >= 11 is 0. The minimum Gasteiger partial charge on any atom is -0.481 e. The van der Waals surface area contributed by atoms with Gasteiger partial charge in [0.15, 0.2) is 0 Å². The average Bonchev–Trinajstić information content (AvgIpc) is 2.36. The lowest BCUT2D eigenvalue weighted by molar-refractivity contribution is -0.383. The minimum absolute atomic E-state index is 0.0441. The van der Waals surface area contributed by atoms with Crippen LogP contribution in [0.25, 0.3) is 0 Å². The molecular weight excluding hydrogens is 266 g/mol. The molecule has 0 spiro atoms. The molecule has 0 saturated carbocycles. The fourth-order valence-electron chi connectivity index (χ4n) is 1.32. The first-order valence-corrected chi connectivity index (χ1v) is 5.70. The summed E-state index contributed by atoms with van der Waals surface area (Å²) in [6, 6.07) is 3.65. The van der Waals surface area contributed by atoms with Gasteiger partial charge in [-0.2, -0.15) is 0 Å². The van der Waals surface area contributed by atoms with Gasteiger partial charge >= 0.3 is 5.97 Å². The van der Waals surface area contributed by atoms with Gasteiger partial charge in [0.2, 0.25) is 0 Å². The van der Waals surface area contributed by atoms with Gasteiger partial charge in [0.05, 0.1) is 10.3 Å². The summed E-state index contributed by atoms with van der Waals surface area (Å²) in [4.78, 5) is 32.8. The number of benzene rings is 1. The van der Waals surface area contributed by atoms with Gasteiger partial charge in [-0.1, -0.05) is 0 Å². The number of nitro benzene ring substituents is 1. The second-order valence-corrected chi connectivity index (χ2v) is 4.90. The first-order valence-electron chi connectivity index (χ1n) is 5.70. The lowest BCUT2D eigenvalue weighted by atomic mass is 9.94. The molecule has 0 aliphatic carbocycles. The van der Waals surface area contributed by atoms with Gasteiger partial charge in [-0.25, -0.2) is 0 Å². The molecule has 1 aromatic rings. The fourth-order valence-corrected chi connectivity index (χ4v) is 1.32. The van der Waals surface area contributed by atoms with Crippen LogP contribution in [0.2, 0.25) is 0 Å². The zero-order valence-electron chi connectivity index (χ0n) is 11.0. The Balaban J connectivity index is 2.86. The van der Waals surface area contributed by atoms with E-state index in [1.165, 1.54) is 26.0 Å². The van der Waals surface area contributed by atoms with E-state index in [1.54, 1.807) is 0 Å². The summed E-state index contributed by atoms with van der Waals surface area (Å²) in [5.41, 5.74) is 3.93. The lowest BCUT2D eigenvalue weighted by Gasteiger charge is -2.19. The van der Waals surface area contributed by atoms with Crippen LogP contribution in [0.3, 0.4) is 0 Å². The highest BCUT2D eigenvalue weighted by molar-refractivity contribution is 5.95. The van der Waals surface area contributed by atoms with Crippen molar-refractivity contribution in [1.82, 2.24) is 5.32 Å². The Morgan fingerprint density at radius 2 is 2.05 bits per heavy atom. The molecule has 0 bridgehead atoms. The number of aliphatic carboxylic acids is 1. The maximum atomic E-state index is 11.8. The van der Waals surface area contributed by atoms with Crippen LogP contribution in [0.5, 0.6) is 0 Å². The summed E-state index contributed by atoms with van der Waals surface area (Å²) < 4.78 is 0. The molecule has 0 radical (unpaired) electrons. The molecule has 1 amide bonds. The first-order chi connectivity index (χ1) is 9.15. The number of nitro groups is 1. The van der Waals surface area contributed by atoms with Crippen LogP contribution < -0.4 is 11.1 Å². The Kier molecular flexibility index (Phi) is 4.28. The average molecular weight is 281 g/mol. The van der Waals surface area contributed by atoms with Crippen molar-refractivity contribution < 1.29 is 19.6 Å². The van der Waals surface area contributed by atoms with Crippen LogP contribution in [-0.2, 0) is 4.79 Å². The zero-order valence-corrected chi connectivity index (χ0v) is 11.0. The van der Waals surface area contributed by atoms with E-state index < -0.39 is 22.2 Å². The molecule has 0 fully saturated rings. The number of carbonyl (C=O) groups is 2. The predicted octanol–water partition coefficient (Wildman–Crippen LogP) is 1.02. The van der Waals surface area contributed by atoms with Crippen LogP contribution in [0, 0.1) is 15.5 Å². The molecule has 1 rings (SSSR count). The van der Waals surface area contributed by atoms with Crippen LogP contribution in [-0.4, -0.2) is 28.5 Å². The number of nitrogens with zero attached hydrogens (tertiary/aromatic N) is 1. The van der Waals surface area contributed by atoms with Crippen molar-refractivity contribution >= 4 is 23.3 Å². The number of hydrogen-bond acceptors (Lipinski definition) is 5. The predicted molar refractivity (Wildman–Crippen MR) is 71.3 cm³/mol. The largest absolute Gasteiger partial charge is 0.481 e. The quantitative estimate of drug-likeness (QED) is 0.418. The van der Waals surface area contributed by atoms with Crippen LogP contribution >= 0.6 is 0 Å². The van der Waals surface area contributed by atoms with Crippen molar-refractivity contribution in [1.29, 1.82) is 0 Å². The molecule has 8 heteroatoms. The van der Waals surface area contributed by atoms with Crippen molar-refractivity contribution in [3.63, 3.8) is 0 Å². The van der Waals surface area contributed by atoms with Gasteiger partial charge < -0.3 is 16.2 Å². The molecule has 0 aromatic heterocycles. The monoisotopic (exact) mass is 281 g/mol. The maximum absolute atomic E-state index is 11.8. The molecule has 0 aliphatic heterocycles. The Morgan fingerprint density at radius 3 is 2.55 bits per heavy atom. The molecule has 108 valence electrons. The number of amides is 1. The topological polar surface area (TPSA) is 136 Å². The van der Waals surface area contributed by atoms with Gasteiger partial charge in [-0.3, -0.25) is 19.7 Å². The molecule has 0 aliphatic rings. The molecule has 0 saturated heterocycles. The number of carboxylic acid groups (broad SMARTS) is 1. The highest BCUT2D eigenvalue weighted by Crippen LogP contribution is 2.22. The summed E-state index contributed by atoms with van der Waals surface area (Å²) in [5.74, 6) is -1.65. The van der Waals surface area contributed by atoms with Gasteiger partial charge in [0, 0.05) is 18.2 Å². The van der Waals surface area contributed by atoms with Crippen LogP contribution in [0.15, 0.2) is 18.2 Å². The van der Waals surface area contributed by atoms with Crippen molar-refractivity contribution in [3.05, 3.63) is 33.9 Å². The van der Waals surface area contributed by atoms with Crippen molar-refractivity contribution in [3.8, 4) is 0 Å². The van der Waals surface area contributed by atoms with Crippen molar-refractivity contribution in [2.75, 3.05) is 12.3 Å². The van der Waals surface area contributed by atoms with E-state index in [0.717, 1.165) is 6.07 Å². The Hall–Kier alpha value is -2.64. The number of anilines is 1. The van der Waals surface area contributed by atoms with Gasteiger partial charge in [0.25, 0.3) is 11.6 Å². The molecule has 4 N–H and O–H groups in total. The summed E-state index contributed by atoms with van der Waals surface area (Å²) in [6.45, 7) is 2.82. The Labute approximate surface area is 114 Å². The number of carbonyl (C=O) groups excluding carboxylic acids is 1. The highest BCUT2D eigenvalue weighted by atomic mass is 16.6. The maximum Gasteiger partial charge on any atom is 0.310 e. The Morgan fingerprint density at radius 1 is 1.45 bits per heavy atom. The molecule has 20 heavy (non-hydrogen) atoms.